The summed E-state index contributed by atoms with van der Waals surface area (Å²) < 4.78 is 43.7. The lowest BCUT2D eigenvalue weighted by molar-refractivity contribution is -0.137. The molecule has 0 fully saturated rings. The average molecular weight is 519 g/mol. The van der Waals surface area contributed by atoms with Gasteiger partial charge in [-0.15, -0.1) is 10.2 Å². The molecule has 0 amide bonds. The van der Waals surface area contributed by atoms with Crippen molar-refractivity contribution in [3.05, 3.63) is 106 Å². The SMILES string of the molecule is CCCCc1cn(-c2ccccc2C(F)(F)F)c(=O)n1Cc1ccc(-c2ccccc2-c2nn[nH]n2)cc1. The monoisotopic (exact) mass is 518 g/mol. The van der Waals surface area contributed by atoms with E-state index in [2.05, 4.69) is 20.6 Å². The molecule has 5 rings (SSSR count). The van der Waals surface area contributed by atoms with Gasteiger partial charge in [-0.1, -0.05) is 74.0 Å². The van der Waals surface area contributed by atoms with E-state index in [1.54, 1.807) is 4.57 Å². The van der Waals surface area contributed by atoms with Crippen molar-refractivity contribution in [3.63, 3.8) is 0 Å². The number of alkyl halides is 3. The molecular weight excluding hydrogens is 493 g/mol. The number of benzene rings is 3. The first kappa shape index (κ1) is 25.2. The number of H-pyrrole nitrogens is 1. The van der Waals surface area contributed by atoms with E-state index in [0.717, 1.165) is 45.7 Å². The van der Waals surface area contributed by atoms with E-state index in [1.807, 2.05) is 55.5 Å². The zero-order valence-corrected chi connectivity index (χ0v) is 20.6. The molecule has 3 aromatic carbocycles. The van der Waals surface area contributed by atoms with Crippen molar-refractivity contribution in [3.8, 4) is 28.2 Å². The Morgan fingerprint density at radius 2 is 1.63 bits per heavy atom. The minimum Gasteiger partial charge on any atom is -0.292 e. The molecule has 5 aromatic rings. The summed E-state index contributed by atoms with van der Waals surface area (Å²) in [7, 11) is 0. The van der Waals surface area contributed by atoms with E-state index in [9.17, 15) is 18.0 Å². The third-order valence-electron chi connectivity index (χ3n) is 6.44. The van der Waals surface area contributed by atoms with Gasteiger partial charge < -0.3 is 0 Å². The van der Waals surface area contributed by atoms with Gasteiger partial charge in [-0.05, 0) is 46.9 Å². The van der Waals surface area contributed by atoms with Crippen molar-refractivity contribution in [2.75, 3.05) is 0 Å². The smallest absolute Gasteiger partial charge is 0.292 e. The van der Waals surface area contributed by atoms with E-state index in [4.69, 9.17) is 0 Å². The van der Waals surface area contributed by atoms with Crippen molar-refractivity contribution in [2.24, 2.45) is 0 Å². The van der Waals surface area contributed by atoms with Crippen molar-refractivity contribution in [2.45, 2.75) is 38.9 Å². The molecule has 0 atom stereocenters. The molecule has 0 saturated carbocycles. The van der Waals surface area contributed by atoms with Gasteiger partial charge >= 0.3 is 11.9 Å². The van der Waals surface area contributed by atoms with Crippen LogP contribution in [0.5, 0.6) is 0 Å². The van der Waals surface area contributed by atoms with Crippen LogP contribution in [0.4, 0.5) is 13.2 Å². The highest BCUT2D eigenvalue weighted by molar-refractivity contribution is 5.80. The molecule has 0 spiro atoms. The first-order valence-corrected chi connectivity index (χ1v) is 12.3. The van der Waals surface area contributed by atoms with Crippen LogP contribution in [-0.4, -0.2) is 29.8 Å². The number of halogens is 3. The number of unbranched alkanes of at least 4 members (excludes halogenated alkanes) is 1. The molecule has 1 N–H and O–H groups in total. The normalized spacial score (nSPS) is 11.7. The topological polar surface area (TPSA) is 81.4 Å². The summed E-state index contributed by atoms with van der Waals surface area (Å²) >= 11 is 0. The summed E-state index contributed by atoms with van der Waals surface area (Å²) in [6, 6.07) is 20.6. The molecule has 2 aromatic heterocycles. The van der Waals surface area contributed by atoms with Crippen molar-refractivity contribution in [1.29, 1.82) is 0 Å². The van der Waals surface area contributed by atoms with E-state index in [0.29, 0.717) is 17.9 Å². The zero-order chi connectivity index (χ0) is 26.7. The number of rotatable bonds is 8. The van der Waals surface area contributed by atoms with Gasteiger partial charge in [0.25, 0.3) is 0 Å². The molecule has 10 heteroatoms. The molecule has 0 unspecified atom stereocenters. The lowest BCUT2D eigenvalue weighted by Gasteiger charge is -2.12. The highest BCUT2D eigenvalue weighted by atomic mass is 19.4. The predicted molar refractivity (Wildman–Crippen MR) is 138 cm³/mol. The van der Waals surface area contributed by atoms with Gasteiger partial charge in [0.05, 0.1) is 17.8 Å². The predicted octanol–water partition coefficient (Wildman–Crippen LogP) is 5.90. The number of nitrogens with one attached hydrogen (secondary N) is 1. The largest absolute Gasteiger partial charge is 0.418 e. The molecule has 38 heavy (non-hydrogen) atoms. The van der Waals surface area contributed by atoms with Gasteiger partial charge in [-0.3, -0.25) is 9.13 Å². The fourth-order valence-electron chi connectivity index (χ4n) is 4.53. The van der Waals surface area contributed by atoms with E-state index in [1.165, 1.54) is 24.4 Å². The minimum absolute atomic E-state index is 0.171. The molecular formula is C28H25F3N6O. The summed E-state index contributed by atoms with van der Waals surface area (Å²) in [5.74, 6) is 0.484. The minimum atomic E-state index is -4.57. The third-order valence-corrected chi connectivity index (χ3v) is 6.44. The van der Waals surface area contributed by atoms with Crippen molar-refractivity contribution in [1.82, 2.24) is 29.8 Å². The van der Waals surface area contributed by atoms with Gasteiger partial charge in [0.1, 0.15) is 0 Å². The van der Waals surface area contributed by atoms with Crippen LogP contribution in [0.2, 0.25) is 0 Å². The van der Waals surface area contributed by atoms with Crippen LogP contribution in [0, 0.1) is 0 Å². The Bertz CT molecular complexity index is 1580. The quantitative estimate of drug-likeness (QED) is 0.278. The molecule has 0 aliphatic heterocycles. The van der Waals surface area contributed by atoms with Gasteiger partial charge in [0.15, 0.2) is 0 Å². The van der Waals surface area contributed by atoms with Crippen LogP contribution >= 0.6 is 0 Å². The molecule has 0 bridgehead atoms. The van der Waals surface area contributed by atoms with Crippen molar-refractivity contribution >= 4 is 0 Å². The third kappa shape index (κ3) is 5.02. The summed E-state index contributed by atoms with van der Waals surface area (Å²) in [4.78, 5) is 13.4. The number of nitrogens with zero attached hydrogens (tertiary/aromatic N) is 5. The number of imidazole rings is 1. The summed E-state index contributed by atoms with van der Waals surface area (Å²) in [5, 5.41) is 14.3. The van der Waals surface area contributed by atoms with Gasteiger partial charge in [0, 0.05) is 17.5 Å². The number of aromatic amines is 1. The number of aromatic nitrogens is 6. The Hall–Kier alpha value is -4.47. The maximum Gasteiger partial charge on any atom is 0.418 e. The fraction of sp³-hybridized carbons (Fsp3) is 0.214. The average Bonchev–Trinajstić information content (AvgIpc) is 3.56. The second kappa shape index (κ2) is 10.5. The summed E-state index contributed by atoms with van der Waals surface area (Å²) in [6.45, 7) is 2.27. The Morgan fingerprint density at radius 1 is 0.921 bits per heavy atom. The Kier molecular flexibility index (Phi) is 6.95. The molecule has 0 aliphatic carbocycles. The zero-order valence-electron chi connectivity index (χ0n) is 20.6. The van der Waals surface area contributed by atoms with E-state index < -0.39 is 17.4 Å². The van der Waals surface area contributed by atoms with Crippen LogP contribution < -0.4 is 5.69 Å². The number of aryl methyl sites for hydroxylation is 1. The first-order chi connectivity index (χ1) is 18.4. The Morgan fingerprint density at radius 3 is 2.32 bits per heavy atom. The Labute approximate surface area is 216 Å². The maximum absolute atomic E-state index is 13.7. The summed E-state index contributed by atoms with van der Waals surface area (Å²) in [6.07, 6.45) is -0.736. The lowest BCUT2D eigenvalue weighted by atomic mass is 9.98. The Balaban J connectivity index is 1.50. The highest BCUT2D eigenvalue weighted by Gasteiger charge is 2.34. The summed E-state index contributed by atoms with van der Waals surface area (Å²) in [5.41, 5.74) is 2.72. The van der Waals surface area contributed by atoms with E-state index in [-0.39, 0.29) is 12.2 Å². The van der Waals surface area contributed by atoms with Crippen LogP contribution in [0.15, 0.2) is 83.8 Å². The van der Waals surface area contributed by atoms with Gasteiger partial charge in [0.2, 0.25) is 5.82 Å². The molecule has 7 nitrogen and oxygen atoms in total. The highest BCUT2D eigenvalue weighted by Crippen LogP contribution is 2.33. The number of hydrogen-bond acceptors (Lipinski definition) is 4. The standard InChI is InChI=1S/C28H25F3N6O/c1-2-3-8-21-18-37(25-12-7-6-11-24(25)28(29,30)31)27(38)36(21)17-19-13-15-20(16-14-19)22-9-4-5-10-23(22)26-32-34-35-33-26/h4-7,9-16,18H,2-3,8,17H2,1H3,(H,32,33,34,35). The number of tetrazole rings is 1. The second-order valence-electron chi connectivity index (χ2n) is 8.96. The molecule has 0 saturated heterocycles. The van der Waals surface area contributed by atoms with Crippen LogP contribution in [0.25, 0.3) is 28.2 Å². The fourth-order valence-corrected chi connectivity index (χ4v) is 4.53. The molecule has 0 aliphatic rings. The van der Waals surface area contributed by atoms with Gasteiger partial charge in [-0.2, -0.15) is 18.4 Å². The lowest BCUT2D eigenvalue weighted by Crippen LogP contribution is -2.26. The van der Waals surface area contributed by atoms with E-state index >= 15 is 0 Å². The van der Waals surface area contributed by atoms with Crippen LogP contribution in [-0.2, 0) is 19.1 Å². The first-order valence-electron chi connectivity index (χ1n) is 12.3. The van der Waals surface area contributed by atoms with Crippen molar-refractivity contribution < 1.29 is 13.2 Å². The number of para-hydroxylation sites is 1. The molecule has 194 valence electrons. The second-order valence-corrected chi connectivity index (χ2v) is 8.96. The molecule has 2 heterocycles. The van der Waals surface area contributed by atoms with Gasteiger partial charge in [-0.25, -0.2) is 4.79 Å². The van der Waals surface area contributed by atoms with Crippen LogP contribution in [0.3, 0.4) is 0 Å². The number of hydrogen-bond donors (Lipinski definition) is 1. The maximum atomic E-state index is 13.7. The molecule has 0 radical (unpaired) electrons. The van der Waals surface area contributed by atoms with Crippen LogP contribution in [0.1, 0.15) is 36.6 Å².